The van der Waals surface area contributed by atoms with E-state index in [1.165, 1.54) is 10.5 Å². The van der Waals surface area contributed by atoms with E-state index in [0.717, 1.165) is 16.6 Å². The number of amides is 3. The number of aromatic amines is 1. The summed E-state index contributed by atoms with van der Waals surface area (Å²) in [6, 6.07) is 7.43. The molecule has 1 saturated heterocycles. The molecule has 1 aromatic carbocycles. The lowest BCUT2D eigenvalue weighted by molar-refractivity contribution is -0.127. The van der Waals surface area contributed by atoms with E-state index in [4.69, 9.17) is 0 Å². The van der Waals surface area contributed by atoms with Gasteiger partial charge in [-0.1, -0.05) is 18.2 Å². The van der Waals surface area contributed by atoms with Crippen molar-refractivity contribution >= 4 is 22.8 Å². The Morgan fingerprint density at radius 2 is 2.00 bits per heavy atom. The van der Waals surface area contributed by atoms with Gasteiger partial charge in [0, 0.05) is 30.1 Å². The molecule has 5 nitrogen and oxygen atoms in total. The maximum atomic E-state index is 12.2. The Kier molecular flexibility index (Phi) is 2.09. The van der Waals surface area contributed by atoms with Crippen LogP contribution in [0.5, 0.6) is 0 Å². The van der Waals surface area contributed by atoms with E-state index >= 15 is 0 Å². The van der Waals surface area contributed by atoms with Gasteiger partial charge in [-0.15, -0.1) is 0 Å². The van der Waals surface area contributed by atoms with Crippen LogP contribution in [-0.4, -0.2) is 39.8 Å². The minimum Gasteiger partial charge on any atom is -0.356 e. The zero-order valence-corrected chi connectivity index (χ0v) is 11.4. The fourth-order valence-electron chi connectivity index (χ4n) is 3.49. The van der Waals surface area contributed by atoms with Crippen LogP contribution in [0.2, 0.25) is 0 Å². The topological polar surface area (TPSA) is 56.4 Å². The van der Waals surface area contributed by atoms with Crippen LogP contribution in [0.3, 0.4) is 0 Å². The average molecular weight is 269 g/mol. The summed E-state index contributed by atoms with van der Waals surface area (Å²) in [4.78, 5) is 30.7. The van der Waals surface area contributed by atoms with Gasteiger partial charge >= 0.3 is 6.03 Å². The highest BCUT2D eigenvalue weighted by atomic mass is 16.2. The molecule has 1 N–H and O–H groups in total. The van der Waals surface area contributed by atoms with Crippen LogP contribution >= 0.6 is 0 Å². The zero-order valence-electron chi connectivity index (χ0n) is 11.4. The number of urea groups is 1. The predicted octanol–water partition coefficient (Wildman–Crippen LogP) is 2.05. The molecule has 3 amide bonds. The Labute approximate surface area is 116 Å². The van der Waals surface area contributed by atoms with Gasteiger partial charge in [0.2, 0.25) is 0 Å². The third kappa shape index (κ3) is 1.22. The molecule has 2 aliphatic rings. The van der Waals surface area contributed by atoms with Crippen molar-refractivity contribution in [2.45, 2.75) is 25.4 Å². The Hall–Kier alpha value is -2.30. The fraction of sp³-hybridized carbons (Fsp3) is 0.333. The third-order valence-corrected chi connectivity index (χ3v) is 4.54. The molecule has 0 saturated carbocycles. The van der Waals surface area contributed by atoms with E-state index in [-0.39, 0.29) is 24.0 Å². The molecule has 0 spiro atoms. The number of rotatable bonds is 0. The predicted molar refractivity (Wildman–Crippen MR) is 74.2 cm³/mol. The first-order valence-corrected chi connectivity index (χ1v) is 6.79. The number of carbonyl (C=O) groups excluding carboxylic acids is 2. The van der Waals surface area contributed by atoms with Crippen LogP contribution in [0.25, 0.3) is 10.9 Å². The molecule has 4 rings (SSSR count). The molecule has 0 aliphatic carbocycles. The lowest BCUT2D eigenvalue weighted by Gasteiger charge is -2.33. The molecule has 0 radical (unpaired) electrons. The number of carbonyl (C=O) groups is 2. The van der Waals surface area contributed by atoms with Gasteiger partial charge in [0.1, 0.15) is 6.04 Å². The van der Waals surface area contributed by atoms with Gasteiger partial charge in [0.15, 0.2) is 0 Å². The molecule has 2 aromatic rings. The maximum Gasteiger partial charge on any atom is 0.327 e. The van der Waals surface area contributed by atoms with Gasteiger partial charge in [-0.3, -0.25) is 9.69 Å². The van der Waals surface area contributed by atoms with Gasteiger partial charge in [0.25, 0.3) is 5.91 Å². The minimum absolute atomic E-state index is 0.0993. The standard InChI is InChI=1S/C15H15N3O2/c1-8-13-10(9-5-3-4-6-11(9)16-13)7-12-14(19)17(2)15(20)18(8)12/h3-6,8,12,16H,7H2,1-2H3/t8-,12+/m0/s1. The molecule has 3 heterocycles. The van der Waals surface area contributed by atoms with Crippen molar-refractivity contribution in [1.82, 2.24) is 14.8 Å². The Morgan fingerprint density at radius 3 is 2.80 bits per heavy atom. The summed E-state index contributed by atoms with van der Waals surface area (Å²) < 4.78 is 0. The summed E-state index contributed by atoms with van der Waals surface area (Å²) in [6.07, 6.45) is 0.596. The number of hydrogen-bond acceptors (Lipinski definition) is 2. The molecule has 2 aliphatic heterocycles. The molecule has 5 heteroatoms. The maximum absolute atomic E-state index is 12.2. The Morgan fingerprint density at radius 1 is 1.25 bits per heavy atom. The second-order valence-corrected chi connectivity index (χ2v) is 5.55. The molecule has 0 unspecified atom stereocenters. The van der Waals surface area contributed by atoms with E-state index in [1.807, 2.05) is 25.1 Å². The van der Waals surface area contributed by atoms with E-state index in [1.54, 1.807) is 11.9 Å². The van der Waals surface area contributed by atoms with Crippen molar-refractivity contribution in [3.8, 4) is 0 Å². The first kappa shape index (κ1) is 11.5. The van der Waals surface area contributed by atoms with Crippen molar-refractivity contribution in [2.24, 2.45) is 0 Å². The van der Waals surface area contributed by atoms with Gasteiger partial charge in [0.05, 0.1) is 6.04 Å². The number of hydrogen-bond donors (Lipinski definition) is 1. The Balaban J connectivity index is 1.92. The number of H-pyrrole nitrogens is 1. The lowest BCUT2D eigenvalue weighted by Crippen LogP contribution is -2.42. The van der Waals surface area contributed by atoms with Crippen molar-refractivity contribution < 1.29 is 9.59 Å². The monoisotopic (exact) mass is 269 g/mol. The number of likely N-dealkylation sites (N-methyl/N-ethyl adjacent to an activating group) is 1. The number of benzene rings is 1. The molecule has 102 valence electrons. The van der Waals surface area contributed by atoms with Gasteiger partial charge in [-0.25, -0.2) is 4.79 Å². The summed E-state index contributed by atoms with van der Waals surface area (Å²) in [5.74, 6) is -0.0993. The SMILES string of the molecule is C[C@H]1c2[nH]c3ccccc3c2C[C@@H]2C(=O)N(C)C(=O)N21. The second kappa shape index (κ2) is 3.62. The number of aromatic nitrogens is 1. The molecule has 1 fully saturated rings. The van der Waals surface area contributed by atoms with Crippen LogP contribution in [0.1, 0.15) is 24.2 Å². The molecule has 2 atom stereocenters. The summed E-state index contributed by atoms with van der Waals surface area (Å²) in [7, 11) is 1.56. The summed E-state index contributed by atoms with van der Waals surface area (Å²) in [5, 5.41) is 1.16. The lowest BCUT2D eigenvalue weighted by atomic mass is 9.93. The summed E-state index contributed by atoms with van der Waals surface area (Å²) in [5.41, 5.74) is 3.29. The molecular formula is C15H15N3O2. The highest BCUT2D eigenvalue weighted by molar-refractivity contribution is 6.05. The quantitative estimate of drug-likeness (QED) is 0.744. The third-order valence-electron chi connectivity index (χ3n) is 4.54. The molecule has 0 bridgehead atoms. The number of imide groups is 1. The molecule has 1 aromatic heterocycles. The first-order valence-electron chi connectivity index (χ1n) is 6.79. The van der Waals surface area contributed by atoms with Crippen LogP contribution in [-0.2, 0) is 11.2 Å². The Bertz CT molecular complexity index is 749. The van der Waals surface area contributed by atoms with Crippen LogP contribution in [0.15, 0.2) is 24.3 Å². The number of fused-ring (bicyclic) bond motifs is 4. The number of nitrogens with one attached hydrogen (secondary N) is 1. The van der Waals surface area contributed by atoms with E-state index < -0.39 is 0 Å². The summed E-state index contributed by atoms with van der Waals surface area (Å²) >= 11 is 0. The zero-order chi connectivity index (χ0) is 14.0. The highest BCUT2D eigenvalue weighted by Gasteiger charge is 2.49. The van der Waals surface area contributed by atoms with Crippen LogP contribution < -0.4 is 0 Å². The number of nitrogens with zero attached hydrogens (tertiary/aromatic N) is 2. The van der Waals surface area contributed by atoms with Gasteiger partial charge in [-0.05, 0) is 18.6 Å². The van der Waals surface area contributed by atoms with Crippen LogP contribution in [0.4, 0.5) is 4.79 Å². The van der Waals surface area contributed by atoms with Gasteiger partial charge in [-0.2, -0.15) is 0 Å². The van der Waals surface area contributed by atoms with Crippen LogP contribution in [0, 0.1) is 0 Å². The molecular weight excluding hydrogens is 254 g/mol. The van der Waals surface area contributed by atoms with E-state index in [0.29, 0.717) is 6.42 Å². The van der Waals surface area contributed by atoms with E-state index in [9.17, 15) is 9.59 Å². The van der Waals surface area contributed by atoms with Gasteiger partial charge < -0.3 is 9.88 Å². The minimum atomic E-state index is -0.353. The molecule has 20 heavy (non-hydrogen) atoms. The largest absolute Gasteiger partial charge is 0.356 e. The second-order valence-electron chi connectivity index (χ2n) is 5.55. The van der Waals surface area contributed by atoms with Crippen molar-refractivity contribution in [2.75, 3.05) is 7.05 Å². The highest BCUT2D eigenvalue weighted by Crippen LogP contribution is 2.40. The van der Waals surface area contributed by atoms with Crippen molar-refractivity contribution in [3.63, 3.8) is 0 Å². The summed E-state index contributed by atoms with van der Waals surface area (Å²) in [6.45, 7) is 1.98. The van der Waals surface area contributed by atoms with E-state index in [2.05, 4.69) is 11.1 Å². The normalized spacial score (nSPS) is 25.3. The first-order chi connectivity index (χ1) is 9.59. The smallest absolute Gasteiger partial charge is 0.327 e. The number of para-hydroxylation sites is 1. The fourth-order valence-corrected chi connectivity index (χ4v) is 3.49. The van der Waals surface area contributed by atoms with Crippen molar-refractivity contribution in [3.05, 3.63) is 35.5 Å². The average Bonchev–Trinajstić information content (AvgIpc) is 2.93. The van der Waals surface area contributed by atoms with Crippen molar-refractivity contribution in [1.29, 1.82) is 0 Å².